The van der Waals surface area contributed by atoms with Crippen molar-refractivity contribution in [3.8, 4) is 0 Å². The highest BCUT2D eigenvalue weighted by molar-refractivity contribution is 5.76. The molecule has 1 amide bonds. The summed E-state index contributed by atoms with van der Waals surface area (Å²) in [5, 5.41) is 3.02. The van der Waals surface area contributed by atoms with Crippen LogP contribution in [0, 0.1) is 5.92 Å². The number of pyridine rings is 1. The summed E-state index contributed by atoms with van der Waals surface area (Å²) in [4.78, 5) is 15.7. The zero-order valence-corrected chi connectivity index (χ0v) is 11.6. The number of carbonyl (C=O) groups is 1. The minimum Gasteiger partial charge on any atom is -0.356 e. The molecule has 0 aromatic carbocycles. The fraction of sp³-hybridized carbons (Fsp3) is 0.625. The Hall–Kier alpha value is -1.38. The molecule has 1 heterocycles. The van der Waals surface area contributed by atoms with E-state index < -0.39 is 0 Å². The number of nitrogens with zero attached hydrogens (tertiary/aromatic N) is 1. The molecule has 1 aromatic rings. The first-order valence-corrected chi connectivity index (χ1v) is 7.50. The van der Waals surface area contributed by atoms with Gasteiger partial charge in [0.05, 0.1) is 0 Å². The second-order valence-corrected chi connectivity index (χ2v) is 5.50. The van der Waals surface area contributed by atoms with Gasteiger partial charge in [-0.25, -0.2) is 0 Å². The molecule has 104 valence electrons. The quantitative estimate of drug-likeness (QED) is 0.765. The van der Waals surface area contributed by atoms with E-state index in [9.17, 15) is 4.79 Å². The molecule has 0 bridgehead atoms. The molecule has 1 saturated carbocycles. The molecule has 3 nitrogen and oxygen atoms in total. The average Bonchev–Trinajstić information content (AvgIpc) is 2.96. The first-order valence-electron chi connectivity index (χ1n) is 7.50. The number of aromatic nitrogens is 1. The molecule has 0 saturated heterocycles. The van der Waals surface area contributed by atoms with Crippen LogP contribution in [-0.2, 0) is 11.2 Å². The highest BCUT2D eigenvalue weighted by atomic mass is 16.1. The van der Waals surface area contributed by atoms with Crippen molar-refractivity contribution in [2.75, 3.05) is 6.54 Å². The van der Waals surface area contributed by atoms with E-state index in [4.69, 9.17) is 0 Å². The highest BCUT2D eigenvalue weighted by Crippen LogP contribution is 2.28. The van der Waals surface area contributed by atoms with Gasteiger partial charge in [-0.05, 0) is 42.9 Å². The van der Waals surface area contributed by atoms with Crippen LogP contribution in [0.15, 0.2) is 24.5 Å². The van der Waals surface area contributed by atoms with Crippen LogP contribution in [0.3, 0.4) is 0 Å². The zero-order chi connectivity index (χ0) is 13.3. The highest BCUT2D eigenvalue weighted by Gasteiger charge is 2.14. The Morgan fingerprint density at radius 1 is 1.26 bits per heavy atom. The van der Waals surface area contributed by atoms with Crippen LogP contribution in [0.5, 0.6) is 0 Å². The van der Waals surface area contributed by atoms with Gasteiger partial charge in [0, 0.05) is 25.4 Å². The Bertz CT molecular complexity index is 372. The summed E-state index contributed by atoms with van der Waals surface area (Å²) in [6, 6.07) is 3.93. The van der Waals surface area contributed by atoms with Gasteiger partial charge in [0.1, 0.15) is 0 Å². The van der Waals surface area contributed by atoms with Crippen molar-refractivity contribution in [3.05, 3.63) is 30.1 Å². The predicted octanol–water partition coefficient (Wildman–Crippen LogP) is 3.10. The van der Waals surface area contributed by atoms with Gasteiger partial charge in [0.15, 0.2) is 0 Å². The van der Waals surface area contributed by atoms with Gasteiger partial charge in [-0.1, -0.05) is 25.7 Å². The first kappa shape index (κ1) is 14.0. The van der Waals surface area contributed by atoms with Crippen molar-refractivity contribution in [2.45, 2.75) is 51.4 Å². The van der Waals surface area contributed by atoms with Gasteiger partial charge in [-0.15, -0.1) is 0 Å². The molecule has 2 rings (SSSR count). The Kier molecular flexibility index (Phi) is 5.86. The van der Waals surface area contributed by atoms with E-state index in [0.717, 1.165) is 25.3 Å². The van der Waals surface area contributed by atoms with E-state index in [1.165, 1.54) is 37.7 Å². The molecule has 1 aromatic heterocycles. The molecule has 0 spiro atoms. The van der Waals surface area contributed by atoms with Crippen molar-refractivity contribution in [1.82, 2.24) is 10.3 Å². The lowest BCUT2D eigenvalue weighted by molar-refractivity contribution is -0.121. The third kappa shape index (κ3) is 5.41. The minimum atomic E-state index is 0.170. The van der Waals surface area contributed by atoms with E-state index in [-0.39, 0.29) is 5.91 Å². The number of nitrogens with one attached hydrogen (secondary N) is 1. The number of aryl methyl sites for hydroxylation is 1. The van der Waals surface area contributed by atoms with E-state index in [1.54, 1.807) is 12.4 Å². The summed E-state index contributed by atoms with van der Waals surface area (Å²) >= 11 is 0. The summed E-state index contributed by atoms with van der Waals surface area (Å²) < 4.78 is 0. The summed E-state index contributed by atoms with van der Waals surface area (Å²) in [6.07, 6.45) is 12.9. The summed E-state index contributed by atoms with van der Waals surface area (Å²) in [5.41, 5.74) is 1.18. The van der Waals surface area contributed by atoms with Crippen LogP contribution >= 0.6 is 0 Å². The van der Waals surface area contributed by atoms with Crippen LogP contribution in [-0.4, -0.2) is 17.4 Å². The summed E-state index contributed by atoms with van der Waals surface area (Å²) in [7, 11) is 0. The lowest BCUT2D eigenvalue weighted by Gasteiger charge is -2.09. The van der Waals surface area contributed by atoms with Crippen LogP contribution < -0.4 is 5.32 Å². The second kappa shape index (κ2) is 7.93. The van der Waals surface area contributed by atoms with Gasteiger partial charge in [0.25, 0.3) is 0 Å². The Morgan fingerprint density at radius 3 is 2.74 bits per heavy atom. The molecule has 1 N–H and O–H groups in total. The van der Waals surface area contributed by atoms with Crippen LogP contribution in [0.25, 0.3) is 0 Å². The molecule has 19 heavy (non-hydrogen) atoms. The molecule has 1 fully saturated rings. The predicted molar refractivity (Wildman–Crippen MR) is 76.8 cm³/mol. The maximum absolute atomic E-state index is 11.7. The van der Waals surface area contributed by atoms with Gasteiger partial charge < -0.3 is 5.32 Å². The van der Waals surface area contributed by atoms with Crippen LogP contribution in [0.1, 0.15) is 50.5 Å². The molecule has 1 aliphatic rings. The molecule has 0 radical (unpaired) electrons. The molecular weight excluding hydrogens is 236 g/mol. The van der Waals surface area contributed by atoms with E-state index in [2.05, 4.69) is 10.3 Å². The molecule has 0 atom stereocenters. The zero-order valence-electron chi connectivity index (χ0n) is 11.6. The molecule has 1 aliphatic carbocycles. The third-order valence-electron chi connectivity index (χ3n) is 3.98. The third-order valence-corrected chi connectivity index (χ3v) is 3.98. The number of rotatable bonds is 7. The summed E-state index contributed by atoms with van der Waals surface area (Å²) in [5.74, 6) is 1.09. The average molecular weight is 260 g/mol. The fourth-order valence-corrected chi connectivity index (χ4v) is 2.81. The minimum absolute atomic E-state index is 0.170. The van der Waals surface area contributed by atoms with Crippen molar-refractivity contribution in [1.29, 1.82) is 0 Å². The Labute approximate surface area is 115 Å². The second-order valence-electron chi connectivity index (χ2n) is 5.50. The van der Waals surface area contributed by atoms with Crippen molar-refractivity contribution in [3.63, 3.8) is 0 Å². The fourth-order valence-electron chi connectivity index (χ4n) is 2.81. The van der Waals surface area contributed by atoms with Gasteiger partial charge in [-0.3, -0.25) is 9.78 Å². The van der Waals surface area contributed by atoms with Crippen molar-refractivity contribution < 1.29 is 4.79 Å². The molecule has 3 heteroatoms. The Morgan fingerprint density at radius 2 is 2.00 bits per heavy atom. The number of carbonyl (C=O) groups excluding carboxylic acids is 1. The molecule has 0 aliphatic heterocycles. The number of hydrogen-bond acceptors (Lipinski definition) is 2. The number of hydrogen-bond donors (Lipinski definition) is 1. The Balaban J connectivity index is 1.52. The molecule has 0 unspecified atom stereocenters. The normalized spacial score (nSPS) is 15.6. The van der Waals surface area contributed by atoms with Crippen LogP contribution in [0.4, 0.5) is 0 Å². The van der Waals surface area contributed by atoms with Gasteiger partial charge in [-0.2, -0.15) is 0 Å². The topological polar surface area (TPSA) is 42.0 Å². The van der Waals surface area contributed by atoms with Gasteiger partial charge in [0.2, 0.25) is 5.91 Å². The first-order chi connectivity index (χ1) is 9.34. The maximum atomic E-state index is 11.7. The largest absolute Gasteiger partial charge is 0.356 e. The smallest absolute Gasteiger partial charge is 0.220 e. The monoisotopic (exact) mass is 260 g/mol. The number of amides is 1. The SMILES string of the molecule is O=C(CCc1ccncc1)NCCCC1CCCC1. The van der Waals surface area contributed by atoms with Crippen molar-refractivity contribution >= 4 is 5.91 Å². The van der Waals surface area contributed by atoms with Crippen LogP contribution in [0.2, 0.25) is 0 Å². The van der Waals surface area contributed by atoms with E-state index in [0.29, 0.717) is 6.42 Å². The summed E-state index contributed by atoms with van der Waals surface area (Å²) in [6.45, 7) is 0.839. The lowest BCUT2D eigenvalue weighted by atomic mass is 10.0. The lowest BCUT2D eigenvalue weighted by Crippen LogP contribution is -2.24. The van der Waals surface area contributed by atoms with Gasteiger partial charge >= 0.3 is 0 Å². The van der Waals surface area contributed by atoms with Crippen molar-refractivity contribution in [2.24, 2.45) is 5.92 Å². The van der Waals surface area contributed by atoms with E-state index in [1.807, 2.05) is 12.1 Å². The maximum Gasteiger partial charge on any atom is 0.220 e. The van der Waals surface area contributed by atoms with E-state index >= 15 is 0 Å². The standard InChI is InChI=1S/C16H24N2O/c19-16(8-7-15-9-12-17-13-10-15)18-11-3-6-14-4-1-2-5-14/h9-10,12-14H,1-8,11H2,(H,18,19). The molecular formula is C16H24N2O.